The number of halogens is 1. The Labute approximate surface area is 170 Å². The lowest BCUT2D eigenvalue weighted by atomic mass is 10.1. The van der Waals surface area contributed by atoms with E-state index in [0.29, 0.717) is 12.5 Å². The molecule has 0 atom stereocenters. The molecule has 0 amide bonds. The van der Waals surface area contributed by atoms with Crippen molar-refractivity contribution in [3.63, 3.8) is 0 Å². The molecule has 0 saturated carbocycles. The molecule has 5 nitrogen and oxygen atoms in total. The number of nitrogens with one attached hydrogen (secondary N) is 1. The minimum atomic E-state index is 0. The lowest BCUT2D eigenvalue weighted by Crippen LogP contribution is -2.33. The zero-order chi connectivity index (χ0) is 16.6. The average molecular weight is 471 g/mol. The van der Waals surface area contributed by atoms with Gasteiger partial charge in [0.15, 0.2) is 5.96 Å². The van der Waals surface area contributed by atoms with Crippen molar-refractivity contribution in [2.45, 2.75) is 32.2 Å². The third kappa shape index (κ3) is 6.47. The fourth-order valence-electron chi connectivity index (χ4n) is 2.86. The molecule has 2 aromatic heterocycles. The summed E-state index contributed by atoms with van der Waals surface area (Å²) in [5, 5.41) is 5.27. The lowest BCUT2D eigenvalue weighted by molar-refractivity contribution is 0.573. The summed E-state index contributed by atoms with van der Waals surface area (Å²) in [6, 6.07) is 8.35. The van der Waals surface area contributed by atoms with Crippen LogP contribution in [0.2, 0.25) is 0 Å². The number of rotatable bonds is 6. The summed E-state index contributed by atoms with van der Waals surface area (Å²) < 4.78 is 0. The Balaban J connectivity index is 0.00000225. The second-order valence-corrected chi connectivity index (χ2v) is 7.06. The van der Waals surface area contributed by atoms with Crippen molar-refractivity contribution in [1.82, 2.24) is 10.3 Å². The van der Waals surface area contributed by atoms with E-state index in [1.807, 2.05) is 12.3 Å². The van der Waals surface area contributed by atoms with E-state index in [1.165, 1.54) is 24.1 Å². The maximum Gasteiger partial charge on any atom is 0.188 e. The van der Waals surface area contributed by atoms with E-state index in [9.17, 15) is 0 Å². The van der Waals surface area contributed by atoms with Crippen LogP contribution < -0.4 is 16.0 Å². The third-order valence-electron chi connectivity index (χ3n) is 4.18. The molecule has 0 bridgehead atoms. The van der Waals surface area contributed by atoms with Crippen LogP contribution in [-0.4, -0.2) is 30.6 Å². The number of aliphatic imine (C=N–C) groups is 1. The molecule has 7 heteroatoms. The second-order valence-electron chi connectivity index (χ2n) is 6.03. The number of thiophene rings is 1. The number of nitrogens with zero attached hydrogens (tertiary/aromatic N) is 3. The summed E-state index contributed by atoms with van der Waals surface area (Å²) in [4.78, 5) is 12.7. The molecule has 0 spiro atoms. The first-order chi connectivity index (χ1) is 11.8. The molecule has 1 aliphatic heterocycles. The summed E-state index contributed by atoms with van der Waals surface area (Å²) in [7, 11) is 0. The Morgan fingerprint density at radius 1 is 1.28 bits per heavy atom. The molecule has 1 fully saturated rings. The SMILES string of the molecule is I.NC(=NCc1ccnc(N2CCCCC2)c1)NCCc1cccs1. The Bertz CT molecular complexity index is 653. The normalized spacial score (nSPS) is 14.9. The van der Waals surface area contributed by atoms with E-state index in [2.05, 4.69) is 43.8 Å². The van der Waals surface area contributed by atoms with Gasteiger partial charge in [-0.25, -0.2) is 9.98 Å². The predicted octanol–water partition coefficient (Wildman–Crippen LogP) is 3.40. The van der Waals surface area contributed by atoms with Gasteiger partial charge in [-0.2, -0.15) is 0 Å². The van der Waals surface area contributed by atoms with E-state index in [4.69, 9.17) is 5.73 Å². The van der Waals surface area contributed by atoms with Crippen LogP contribution in [0.3, 0.4) is 0 Å². The van der Waals surface area contributed by atoms with E-state index >= 15 is 0 Å². The molecule has 0 radical (unpaired) electrons. The Kier molecular flexibility index (Phi) is 8.47. The fourth-order valence-corrected chi connectivity index (χ4v) is 3.56. The maximum absolute atomic E-state index is 5.96. The minimum absolute atomic E-state index is 0. The number of pyridine rings is 1. The van der Waals surface area contributed by atoms with Crippen LogP contribution in [0.5, 0.6) is 0 Å². The number of hydrogen-bond donors (Lipinski definition) is 2. The second kappa shape index (κ2) is 10.6. The van der Waals surface area contributed by atoms with Crippen LogP contribution in [-0.2, 0) is 13.0 Å². The van der Waals surface area contributed by atoms with Gasteiger partial charge in [-0.3, -0.25) is 0 Å². The van der Waals surface area contributed by atoms with Gasteiger partial charge in [0, 0.05) is 30.7 Å². The van der Waals surface area contributed by atoms with E-state index in [-0.39, 0.29) is 24.0 Å². The monoisotopic (exact) mass is 471 g/mol. The van der Waals surface area contributed by atoms with Crippen molar-refractivity contribution in [1.29, 1.82) is 0 Å². The average Bonchev–Trinajstić information content (AvgIpc) is 3.14. The molecule has 0 unspecified atom stereocenters. The van der Waals surface area contributed by atoms with Crippen molar-refractivity contribution in [2.24, 2.45) is 10.7 Å². The number of anilines is 1. The van der Waals surface area contributed by atoms with Crippen LogP contribution in [0.4, 0.5) is 5.82 Å². The highest BCUT2D eigenvalue weighted by molar-refractivity contribution is 14.0. The highest BCUT2D eigenvalue weighted by atomic mass is 127. The zero-order valence-corrected chi connectivity index (χ0v) is 17.5. The van der Waals surface area contributed by atoms with Gasteiger partial charge in [0.1, 0.15) is 5.82 Å². The van der Waals surface area contributed by atoms with Gasteiger partial charge in [-0.05, 0) is 54.8 Å². The van der Waals surface area contributed by atoms with Crippen LogP contribution >= 0.6 is 35.3 Å². The Morgan fingerprint density at radius 3 is 2.88 bits per heavy atom. The van der Waals surface area contributed by atoms with Gasteiger partial charge < -0.3 is 16.0 Å². The molecule has 2 aromatic rings. The molecule has 25 heavy (non-hydrogen) atoms. The minimum Gasteiger partial charge on any atom is -0.370 e. The molecular formula is C18H26IN5S. The quantitative estimate of drug-likeness (QED) is 0.385. The molecule has 0 aromatic carbocycles. The van der Waals surface area contributed by atoms with Gasteiger partial charge in [-0.15, -0.1) is 35.3 Å². The first-order valence-corrected chi connectivity index (χ1v) is 9.45. The first-order valence-electron chi connectivity index (χ1n) is 8.57. The highest BCUT2D eigenvalue weighted by Gasteiger charge is 2.12. The molecule has 3 heterocycles. The molecular weight excluding hydrogens is 445 g/mol. The lowest BCUT2D eigenvalue weighted by Gasteiger charge is -2.27. The smallest absolute Gasteiger partial charge is 0.188 e. The summed E-state index contributed by atoms with van der Waals surface area (Å²) in [5.74, 6) is 1.56. The molecule has 0 aliphatic carbocycles. The van der Waals surface area contributed by atoms with Crippen LogP contribution in [0.15, 0.2) is 40.8 Å². The van der Waals surface area contributed by atoms with Gasteiger partial charge >= 0.3 is 0 Å². The van der Waals surface area contributed by atoms with Crippen molar-refractivity contribution < 1.29 is 0 Å². The topological polar surface area (TPSA) is 66.5 Å². The fraction of sp³-hybridized carbons (Fsp3) is 0.444. The Hall–Kier alpha value is -1.35. The van der Waals surface area contributed by atoms with Crippen molar-refractivity contribution in [3.8, 4) is 0 Å². The van der Waals surface area contributed by atoms with Crippen molar-refractivity contribution in [3.05, 3.63) is 46.3 Å². The molecule has 136 valence electrons. The first kappa shape index (κ1) is 20.0. The predicted molar refractivity (Wildman–Crippen MR) is 117 cm³/mol. The largest absolute Gasteiger partial charge is 0.370 e. The number of nitrogens with two attached hydrogens (primary N) is 1. The van der Waals surface area contributed by atoms with Crippen LogP contribution in [0.25, 0.3) is 0 Å². The molecule has 3 rings (SSSR count). The highest BCUT2D eigenvalue weighted by Crippen LogP contribution is 2.18. The van der Waals surface area contributed by atoms with Crippen molar-refractivity contribution >= 4 is 47.1 Å². The summed E-state index contributed by atoms with van der Waals surface area (Å²) in [6.45, 7) is 3.60. The van der Waals surface area contributed by atoms with Gasteiger partial charge in [0.25, 0.3) is 0 Å². The number of hydrogen-bond acceptors (Lipinski definition) is 4. The number of piperidine rings is 1. The van der Waals surface area contributed by atoms with E-state index < -0.39 is 0 Å². The molecule has 1 saturated heterocycles. The summed E-state index contributed by atoms with van der Waals surface area (Å²) in [5.41, 5.74) is 7.10. The van der Waals surface area contributed by atoms with Crippen LogP contribution in [0, 0.1) is 0 Å². The number of aromatic nitrogens is 1. The zero-order valence-electron chi connectivity index (χ0n) is 14.4. The van der Waals surface area contributed by atoms with Crippen LogP contribution in [0.1, 0.15) is 29.7 Å². The summed E-state index contributed by atoms with van der Waals surface area (Å²) in [6.07, 6.45) is 6.68. The van der Waals surface area contributed by atoms with E-state index in [1.54, 1.807) is 11.3 Å². The Morgan fingerprint density at radius 2 is 2.12 bits per heavy atom. The molecule has 1 aliphatic rings. The third-order valence-corrected chi connectivity index (χ3v) is 5.12. The molecule has 3 N–H and O–H groups in total. The summed E-state index contributed by atoms with van der Waals surface area (Å²) >= 11 is 1.77. The number of guanidine groups is 1. The van der Waals surface area contributed by atoms with Gasteiger partial charge in [0.2, 0.25) is 0 Å². The van der Waals surface area contributed by atoms with Gasteiger partial charge in [0.05, 0.1) is 6.54 Å². The standard InChI is InChI=1S/C18H25N5S.HI/c19-18(21-9-7-16-5-4-12-24-16)22-14-15-6-8-20-17(13-15)23-10-2-1-3-11-23;/h4-6,8,12-13H,1-3,7,9-11,14H2,(H3,19,21,22);1H. The van der Waals surface area contributed by atoms with Gasteiger partial charge in [-0.1, -0.05) is 6.07 Å². The van der Waals surface area contributed by atoms with Crippen molar-refractivity contribution in [2.75, 3.05) is 24.5 Å². The maximum atomic E-state index is 5.96. The van der Waals surface area contributed by atoms with E-state index in [0.717, 1.165) is 37.4 Å².